The van der Waals surface area contributed by atoms with E-state index in [1.165, 1.54) is 22.5 Å². The van der Waals surface area contributed by atoms with Gasteiger partial charge in [-0.15, -0.1) is 11.3 Å². The molecule has 0 saturated carbocycles. The number of amides is 1. The Morgan fingerprint density at radius 1 is 1.43 bits per heavy atom. The van der Waals surface area contributed by atoms with Crippen LogP contribution in [0.1, 0.15) is 29.9 Å². The molecule has 0 bridgehead atoms. The molecule has 0 saturated heterocycles. The molecule has 112 valence electrons. The number of aromatic nitrogens is 1. The topological polar surface area (TPSA) is 68.0 Å². The Balaban J connectivity index is 2.01. The van der Waals surface area contributed by atoms with Crippen molar-refractivity contribution in [3.8, 4) is 0 Å². The second-order valence-corrected chi connectivity index (χ2v) is 6.22. The maximum Gasteiger partial charge on any atom is 0.230 e. The maximum absolute atomic E-state index is 11.8. The summed E-state index contributed by atoms with van der Waals surface area (Å²) in [6, 6.07) is 8.55. The molecular weight excluding hydrogens is 282 g/mol. The quantitative estimate of drug-likeness (QED) is 0.862. The van der Waals surface area contributed by atoms with Crippen molar-refractivity contribution in [3.63, 3.8) is 0 Å². The third kappa shape index (κ3) is 4.37. The molecule has 0 aliphatic carbocycles. The van der Waals surface area contributed by atoms with Crippen molar-refractivity contribution in [2.45, 2.75) is 26.7 Å². The first-order valence-electron chi connectivity index (χ1n) is 7.15. The average Bonchev–Trinajstić information content (AvgIpc) is 2.93. The zero-order chi connectivity index (χ0) is 15.2. The highest BCUT2D eigenvalue weighted by atomic mass is 32.1. The number of benzene rings is 1. The number of rotatable bonds is 6. The lowest BCUT2D eigenvalue weighted by Crippen LogP contribution is -2.26. The van der Waals surface area contributed by atoms with Crippen LogP contribution in [0.15, 0.2) is 30.5 Å². The van der Waals surface area contributed by atoms with Gasteiger partial charge in [0.1, 0.15) is 0 Å². The van der Waals surface area contributed by atoms with Crippen LogP contribution in [0.4, 0.5) is 5.13 Å². The molecule has 1 aromatic heterocycles. The number of carbonyl (C=O) groups excluding carboxylic acids is 1. The van der Waals surface area contributed by atoms with Crippen LogP contribution >= 0.6 is 11.3 Å². The van der Waals surface area contributed by atoms with Crippen LogP contribution < -0.4 is 11.1 Å². The normalized spacial score (nSPS) is 12.1. The zero-order valence-corrected chi connectivity index (χ0v) is 13.2. The molecule has 1 atom stereocenters. The van der Waals surface area contributed by atoms with Crippen molar-refractivity contribution in [2.75, 3.05) is 11.9 Å². The highest BCUT2D eigenvalue weighted by molar-refractivity contribution is 7.15. The molecule has 3 N–H and O–H groups in total. The lowest BCUT2D eigenvalue weighted by molar-refractivity contribution is -0.119. The Bertz CT molecular complexity index is 609. The van der Waals surface area contributed by atoms with Crippen LogP contribution in [0.3, 0.4) is 0 Å². The van der Waals surface area contributed by atoms with E-state index in [1.807, 2.05) is 6.20 Å². The van der Waals surface area contributed by atoms with Crippen molar-refractivity contribution in [1.29, 1.82) is 0 Å². The summed E-state index contributed by atoms with van der Waals surface area (Å²) in [5, 5.41) is 3.45. The van der Waals surface area contributed by atoms with Gasteiger partial charge in [-0.05, 0) is 17.5 Å². The summed E-state index contributed by atoms with van der Waals surface area (Å²) in [6.07, 6.45) is 3.70. The van der Waals surface area contributed by atoms with Crippen molar-refractivity contribution in [1.82, 2.24) is 4.98 Å². The van der Waals surface area contributed by atoms with Crippen LogP contribution in [-0.4, -0.2) is 17.4 Å². The van der Waals surface area contributed by atoms with Gasteiger partial charge in [0.05, 0.1) is 0 Å². The SMILES string of the molecule is CCc1cccc(Cc2cnc(NC(=O)C(C)CN)s2)c1. The van der Waals surface area contributed by atoms with Crippen LogP contribution in [0, 0.1) is 5.92 Å². The number of carbonyl (C=O) groups is 1. The van der Waals surface area contributed by atoms with E-state index >= 15 is 0 Å². The van der Waals surface area contributed by atoms with E-state index in [9.17, 15) is 4.79 Å². The van der Waals surface area contributed by atoms with E-state index in [0.29, 0.717) is 11.7 Å². The fraction of sp³-hybridized carbons (Fsp3) is 0.375. The summed E-state index contributed by atoms with van der Waals surface area (Å²) in [5.74, 6) is -0.273. The zero-order valence-electron chi connectivity index (χ0n) is 12.4. The molecule has 0 aliphatic heterocycles. The number of hydrogen-bond acceptors (Lipinski definition) is 4. The molecule has 2 aromatic rings. The number of aryl methyl sites for hydroxylation is 1. The van der Waals surface area contributed by atoms with Crippen LogP contribution in [0.2, 0.25) is 0 Å². The van der Waals surface area contributed by atoms with Gasteiger partial charge in [0.25, 0.3) is 0 Å². The standard InChI is InChI=1S/C16H21N3OS/c1-3-12-5-4-6-13(7-12)8-14-10-18-16(21-14)19-15(20)11(2)9-17/h4-7,10-11H,3,8-9,17H2,1-2H3,(H,18,19,20). The molecule has 1 unspecified atom stereocenters. The van der Waals surface area contributed by atoms with Gasteiger partial charge in [-0.1, -0.05) is 38.1 Å². The lowest BCUT2D eigenvalue weighted by Gasteiger charge is -2.06. The summed E-state index contributed by atoms with van der Waals surface area (Å²) in [4.78, 5) is 17.2. The third-order valence-electron chi connectivity index (χ3n) is 3.36. The predicted molar refractivity (Wildman–Crippen MR) is 87.6 cm³/mol. The lowest BCUT2D eigenvalue weighted by atomic mass is 10.1. The first kappa shape index (κ1) is 15.7. The van der Waals surface area contributed by atoms with E-state index in [1.54, 1.807) is 6.92 Å². The summed E-state index contributed by atoms with van der Waals surface area (Å²) in [7, 11) is 0. The minimum absolute atomic E-state index is 0.0774. The molecule has 4 nitrogen and oxygen atoms in total. The molecule has 5 heteroatoms. The molecular formula is C16H21N3OS. The second-order valence-electron chi connectivity index (χ2n) is 5.11. The minimum Gasteiger partial charge on any atom is -0.330 e. The molecule has 1 amide bonds. The third-order valence-corrected chi connectivity index (χ3v) is 4.28. The Morgan fingerprint density at radius 2 is 2.19 bits per heavy atom. The average molecular weight is 303 g/mol. The van der Waals surface area contributed by atoms with Crippen LogP contribution in [0.25, 0.3) is 0 Å². The van der Waals surface area contributed by atoms with Gasteiger partial charge in [-0.2, -0.15) is 0 Å². The van der Waals surface area contributed by atoms with Gasteiger partial charge < -0.3 is 11.1 Å². The highest BCUT2D eigenvalue weighted by Crippen LogP contribution is 2.22. The van der Waals surface area contributed by atoms with E-state index in [2.05, 4.69) is 41.5 Å². The predicted octanol–water partition coefficient (Wildman–Crippen LogP) is 2.83. The number of anilines is 1. The monoisotopic (exact) mass is 303 g/mol. The van der Waals surface area contributed by atoms with Crippen molar-refractivity contribution >= 4 is 22.4 Å². The van der Waals surface area contributed by atoms with Crippen molar-refractivity contribution < 1.29 is 4.79 Å². The van der Waals surface area contributed by atoms with Gasteiger partial charge >= 0.3 is 0 Å². The first-order chi connectivity index (χ1) is 10.1. The second kappa shape index (κ2) is 7.33. The largest absolute Gasteiger partial charge is 0.330 e. The van der Waals surface area contributed by atoms with E-state index < -0.39 is 0 Å². The van der Waals surface area contributed by atoms with Gasteiger partial charge in [-0.25, -0.2) is 4.98 Å². The number of hydrogen-bond donors (Lipinski definition) is 2. The number of nitrogens with two attached hydrogens (primary N) is 1. The number of nitrogens with zero attached hydrogens (tertiary/aromatic N) is 1. The smallest absolute Gasteiger partial charge is 0.230 e. The molecule has 21 heavy (non-hydrogen) atoms. The molecule has 0 spiro atoms. The van der Waals surface area contributed by atoms with Gasteiger partial charge in [0.15, 0.2) is 5.13 Å². The van der Waals surface area contributed by atoms with Gasteiger partial charge in [0.2, 0.25) is 5.91 Å². The maximum atomic E-state index is 11.8. The molecule has 2 rings (SSSR count). The fourth-order valence-electron chi connectivity index (χ4n) is 1.94. The Hall–Kier alpha value is -1.72. The Labute approximate surface area is 129 Å². The van der Waals surface area contributed by atoms with E-state index in [4.69, 9.17) is 5.73 Å². The van der Waals surface area contributed by atoms with Crippen LogP contribution in [-0.2, 0) is 17.6 Å². The van der Waals surface area contributed by atoms with E-state index in [0.717, 1.165) is 17.7 Å². The van der Waals surface area contributed by atoms with Crippen molar-refractivity contribution in [2.24, 2.45) is 11.7 Å². The van der Waals surface area contributed by atoms with Gasteiger partial charge in [0, 0.05) is 30.0 Å². The van der Waals surface area contributed by atoms with Crippen LogP contribution in [0.5, 0.6) is 0 Å². The summed E-state index contributed by atoms with van der Waals surface area (Å²) in [5.41, 5.74) is 8.09. The van der Waals surface area contributed by atoms with Crippen molar-refractivity contribution in [3.05, 3.63) is 46.5 Å². The van der Waals surface area contributed by atoms with E-state index in [-0.39, 0.29) is 11.8 Å². The number of thiazole rings is 1. The minimum atomic E-state index is -0.196. The molecule has 1 aromatic carbocycles. The summed E-state index contributed by atoms with van der Waals surface area (Å²) < 4.78 is 0. The molecule has 1 heterocycles. The molecule has 0 fully saturated rings. The Kier molecular flexibility index (Phi) is 5.47. The highest BCUT2D eigenvalue weighted by Gasteiger charge is 2.13. The Morgan fingerprint density at radius 3 is 2.90 bits per heavy atom. The summed E-state index contributed by atoms with van der Waals surface area (Å²) >= 11 is 1.51. The van der Waals surface area contributed by atoms with Gasteiger partial charge in [-0.3, -0.25) is 4.79 Å². The molecule has 0 aliphatic rings. The molecule has 0 radical (unpaired) electrons. The number of nitrogens with one attached hydrogen (secondary N) is 1. The first-order valence-corrected chi connectivity index (χ1v) is 7.97. The fourth-order valence-corrected chi connectivity index (χ4v) is 2.79. The summed E-state index contributed by atoms with van der Waals surface area (Å²) in [6.45, 7) is 4.30.